The summed E-state index contributed by atoms with van der Waals surface area (Å²) in [6, 6.07) is 10.0. The molecule has 1 N–H and O–H groups in total. The molecule has 5 rings (SSSR count). The van der Waals surface area contributed by atoms with E-state index in [1.807, 2.05) is 35.2 Å². The lowest BCUT2D eigenvalue weighted by Crippen LogP contribution is -2.54. The van der Waals surface area contributed by atoms with Crippen molar-refractivity contribution in [3.8, 4) is 0 Å². The number of rotatable bonds is 7. The van der Waals surface area contributed by atoms with E-state index in [0.29, 0.717) is 30.3 Å². The van der Waals surface area contributed by atoms with Crippen molar-refractivity contribution >= 4 is 6.09 Å². The number of allylic oxidation sites excluding steroid dienone is 1. The Labute approximate surface area is 255 Å². The van der Waals surface area contributed by atoms with Crippen LogP contribution in [-0.2, 0) is 16.1 Å². The quantitative estimate of drug-likeness (QED) is 0.329. The van der Waals surface area contributed by atoms with Gasteiger partial charge in [-0.2, -0.15) is 0 Å². The molecule has 2 heterocycles. The Morgan fingerprint density at radius 1 is 1.14 bits per heavy atom. The third-order valence-corrected chi connectivity index (χ3v) is 12.4. The molecule has 2 aliphatic heterocycles. The molecule has 42 heavy (non-hydrogen) atoms. The summed E-state index contributed by atoms with van der Waals surface area (Å²) in [6.45, 7) is 17.6. The zero-order valence-electron chi connectivity index (χ0n) is 27.4. The first-order valence-corrected chi connectivity index (χ1v) is 17.0. The van der Waals surface area contributed by atoms with Gasteiger partial charge in [0.25, 0.3) is 0 Å². The van der Waals surface area contributed by atoms with Crippen LogP contribution >= 0.6 is 0 Å². The smallest absolute Gasteiger partial charge is 0.410 e. The second-order valence-corrected chi connectivity index (χ2v) is 15.0. The van der Waals surface area contributed by atoms with E-state index in [2.05, 4.69) is 48.5 Å². The van der Waals surface area contributed by atoms with Gasteiger partial charge in [-0.25, -0.2) is 4.79 Å². The molecule has 1 aromatic rings. The minimum atomic E-state index is -0.314. The maximum atomic E-state index is 13.6. The zero-order valence-corrected chi connectivity index (χ0v) is 27.4. The largest absolute Gasteiger partial charge is 0.445 e. The Morgan fingerprint density at radius 3 is 2.60 bits per heavy atom. The Balaban J connectivity index is 1.38. The Kier molecular flexibility index (Phi) is 9.50. The Hall–Kier alpha value is -1.85. The third-order valence-electron chi connectivity index (χ3n) is 12.4. The normalized spacial score (nSPS) is 39.3. The molecule has 0 unspecified atom stereocenters. The molecule has 234 valence electrons. The number of hydrogen-bond acceptors (Lipinski definition) is 4. The average molecular weight is 580 g/mol. The summed E-state index contributed by atoms with van der Waals surface area (Å²) in [7, 11) is 0. The number of likely N-dealkylation sites (tertiary alicyclic amines) is 1. The number of nitrogens with zero attached hydrogens (tertiary/aromatic N) is 1. The number of hydrogen-bond donors (Lipinski definition) is 1. The predicted molar refractivity (Wildman–Crippen MR) is 169 cm³/mol. The van der Waals surface area contributed by atoms with Crippen molar-refractivity contribution in [3.63, 3.8) is 0 Å². The fourth-order valence-electron chi connectivity index (χ4n) is 9.54. The maximum absolute atomic E-state index is 13.6. The zero-order chi connectivity index (χ0) is 30.2. The molecular formula is C37H57NO4. The van der Waals surface area contributed by atoms with Crippen LogP contribution in [0.3, 0.4) is 0 Å². The topological polar surface area (TPSA) is 59.0 Å². The second-order valence-electron chi connectivity index (χ2n) is 15.0. The van der Waals surface area contributed by atoms with Gasteiger partial charge >= 0.3 is 6.09 Å². The van der Waals surface area contributed by atoms with Crippen molar-refractivity contribution in [3.05, 3.63) is 47.0 Å². The van der Waals surface area contributed by atoms with Gasteiger partial charge in [0.1, 0.15) is 6.61 Å². The highest BCUT2D eigenvalue weighted by Crippen LogP contribution is 2.56. The summed E-state index contributed by atoms with van der Waals surface area (Å²) in [5.74, 6) is 2.26. The number of amides is 1. The van der Waals surface area contributed by atoms with Crippen molar-refractivity contribution < 1.29 is 19.4 Å². The monoisotopic (exact) mass is 579 g/mol. The number of fused-ring (bicyclic) bond motifs is 1. The van der Waals surface area contributed by atoms with E-state index < -0.39 is 0 Å². The minimum Gasteiger partial charge on any atom is -0.445 e. The highest BCUT2D eigenvalue weighted by atomic mass is 16.6. The van der Waals surface area contributed by atoms with Gasteiger partial charge in [-0.05, 0) is 92.1 Å². The van der Waals surface area contributed by atoms with Crippen LogP contribution in [0, 0.1) is 35.0 Å². The van der Waals surface area contributed by atoms with Gasteiger partial charge in [0.15, 0.2) is 0 Å². The number of aliphatic hydroxyl groups is 1. The first-order chi connectivity index (χ1) is 20.0. The summed E-state index contributed by atoms with van der Waals surface area (Å²) in [4.78, 5) is 15.6. The summed E-state index contributed by atoms with van der Waals surface area (Å²) in [6.07, 6.45) is 9.31. The number of carbonyl (C=O) groups is 1. The molecule has 2 aliphatic carbocycles. The number of benzene rings is 1. The highest BCUT2D eigenvalue weighted by Gasteiger charge is 2.59. The standard InChI is InChI=1S/C37H57NO4/c1-8-12-30-21-31(39)16-17-36(30,7)26(4)20-32-25(3)15-18-37(27(32)5)28(6)34-33(42-37)19-24(2)22-38(34)35(40)41-23-29-13-10-9-11-14-29/h9-11,13-14,24-26,28,30-31,33-34,39H,8,12,15-23H2,1-7H3/t24-,25+,26+,28+,30+,31-,33+,34-,36+,37-/m0/s1. The number of ether oxygens (including phenoxy) is 2. The first kappa shape index (κ1) is 31.6. The van der Waals surface area contributed by atoms with Gasteiger partial charge in [0, 0.05) is 12.5 Å². The lowest BCUT2D eigenvalue weighted by atomic mass is 9.57. The van der Waals surface area contributed by atoms with Crippen LogP contribution in [0.25, 0.3) is 0 Å². The van der Waals surface area contributed by atoms with Gasteiger partial charge in [-0.3, -0.25) is 0 Å². The van der Waals surface area contributed by atoms with Crippen LogP contribution in [0.4, 0.5) is 4.79 Å². The van der Waals surface area contributed by atoms with Crippen LogP contribution in [0.2, 0.25) is 0 Å². The molecule has 0 bridgehead atoms. The summed E-state index contributed by atoms with van der Waals surface area (Å²) < 4.78 is 13.1. The SMILES string of the molecule is CCC[C@@H]1C[C@@H](O)CC[C@]1(C)[C@H](C)CC1=C(C)[C@]2(CC[C@H]1C)O[C@@H]1C[C@H](C)CN(C(=O)OCc3ccccc3)[C@H]1[C@H]2C. The predicted octanol–water partition coefficient (Wildman–Crippen LogP) is 8.55. The van der Waals surface area contributed by atoms with E-state index >= 15 is 0 Å². The van der Waals surface area contributed by atoms with E-state index in [0.717, 1.165) is 57.1 Å². The molecule has 1 spiro atoms. The van der Waals surface area contributed by atoms with E-state index in [-0.39, 0.29) is 41.3 Å². The summed E-state index contributed by atoms with van der Waals surface area (Å²) >= 11 is 0. The molecule has 0 radical (unpaired) electrons. The highest BCUT2D eigenvalue weighted by molar-refractivity contribution is 5.68. The third kappa shape index (κ3) is 5.82. The fraction of sp³-hybridized carbons (Fsp3) is 0.757. The minimum absolute atomic E-state index is 0.0396. The molecule has 3 fully saturated rings. The Morgan fingerprint density at radius 2 is 1.88 bits per heavy atom. The van der Waals surface area contributed by atoms with E-state index in [4.69, 9.17) is 9.47 Å². The van der Waals surface area contributed by atoms with E-state index in [1.165, 1.54) is 18.4 Å². The number of aliphatic hydroxyl groups excluding tert-OH is 1. The average Bonchev–Trinajstić information content (AvgIpc) is 3.25. The Bertz CT molecular complexity index is 1120. The van der Waals surface area contributed by atoms with Crippen molar-refractivity contribution in [1.82, 2.24) is 4.90 Å². The van der Waals surface area contributed by atoms with Gasteiger partial charge in [-0.15, -0.1) is 0 Å². The van der Waals surface area contributed by atoms with Gasteiger partial charge in [-0.1, -0.05) is 90.3 Å². The van der Waals surface area contributed by atoms with Gasteiger partial charge in [0.05, 0.1) is 23.9 Å². The molecule has 10 atom stereocenters. The van der Waals surface area contributed by atoms with Crippen LogP contribution in [-0.4, -0.2) is 46.5 Å². The van der Waals surface area contributed by atoms with Crippen LogP contribution in [0.15, 0.2) is 41.5 Å². The van der Waals surface area contributed by atoms with Crippen molar-refractivity contribution in [2.24, 2.45) is 35.0 Å². The van der Waals surface area contributed by atoms with Crippen LogP contribution in [0.5, 0.6) is 0 Å². The molecule has 1 amide bonds. The summed E-state index contributed by atoms with van der Waals surface area (Å²) in [5, 5.41) is 10.5. The van der Waals surface area contributed by atoms with E-state index in [9.17, 15) is 9.90 Å². The number of piperidine rings is 1. The van der Waals surface area contributed by atoms with Crippen LogP contribution < -0.4 is 0 Å². The number of carbonyl (C=O) groups excluding carboxylic acids is 1. The molecule has 1 saturated carbocycles. The van der Waals surface area contributed by atoms with E-state index in [1.54, 1.807) is 5.57 Å². The first-order valence-electron chi connectivity index (χ1n) is 17.0. The second kappa shape index (κ2) is 12.6. The maximum Gasteiger partial charge on any atom is 0.410 e. The molecule has 2 saturated heterocycles. The molecule has 0 aromatic heterocycles. The van der Waals surface area contributed by atoms with Crippen molar-refractivity contribution in [1.29, 1.82) is 0 Å². The van der Waals surface area contributed by atoms with Crippen LogP contribution in [0.1, 0.15) is 112 Å². The van der Waals surface area contributed by atoms with Crippen molar-refractivity contribution in [2.45, 2.75) is 137 Å². The molecule has 5 heteroatoms. The summed E-state index contributed by atoms with van der Waals surface area (Å²) in [5.41, 5.74) is 3.98. The van der Waals surface area contributed by atoms with Gasteiger partial charge < -0.3 is 19.5 Å². The molecule has 4 aliphatic rings. The lowest BCUT2D eigenvalue weighted by molar-refractivity contribution is -0.0637. The molecule has 5 nitrogen and oxygen atoms in total. The molecule has 1 aromatic carbocycles. The lowest BCUT2D eigenvalue weighted by Gasteiger charge is -2.49. The van der Waals surface area contributed by atoms with Crippen molar-refractivity contribution in [2.75, 3.05) is 6.54 Å². The molecular weight excluding hydrogens is 522 g/mol. The fourth-order valence-corrected chi connectivity index (χ4v) is 9.54. The van der Waals surface area contributed by atoms with Gasteiger partial charge in [0.2, 0.25) is 0 Å².